The summed E-state index contributed by atoms with van der Waals surface area (Å²) in [5, 5.41) is 0. The Morgan fingerprint density at radius 3 is 2.17 bits per heavy atom. The number of unbranched alkanes of at least 4 members (excludes halogenated alkanes) is 2. The highest BCUT2D eigenvalue weighted by Gasteiger charge is 2.13. The van der Waals surface area contributed by atoms with E-state index in [1.807, 2.05) is 6.08 Å². The number of carbonyl (C=O) groups is 2. The number of ether oxygens (including phenoxy) is 1. The molecule has 0 unspecified atom stereocenters. The summed E-state index contributed by atoms with van der Waals surface area (Å²) >= 11 is 0. The van der Waals surface area contributed by atoms with Crippen LogP contribution in [0.25, 0.3) is 0 Å². The van der Waals surface area contributed by atoms with Gasteiger partial charge in [-0.15, -0.1) is 6.58 Å². The Morgan fingerprint density at radius 2 is 1.67 bits per heavy atom. The number of rotatable bonds is 7. The summed E-state index contributed by atoms with van der Waals surface area (Å²) in [6.07, 6.45) is 8.67. The van der Waals surface area contributed by atoms with Gasteiger partial charge in [0.25, 0.3) is 0 Å². The zero-order chi connectivity index (χ0) is 14.0. The lowest BCUT2D eigenvalue weighted by molar-refractivity contribution is -0.153. The van der Waals surface area contributed by atoms with Crippen LogP contribution in [0, 0.1) is 0 Å². The maximum absolute atomic E-state index is 11.6. The summed E-state index contributed by atoms with van der Waals surface area (Å²) in [6.45, 7) is 8.91. The maximum Gasteiger partial charge on any atom is 0.341 e. The Hall–Kier alpha value is -1.64. The lowest BCUT2D eigenvalue weighted by Gasteiger charge is -2.03. The van der Waals surface area contributed by atoms with Gasteiger partial charge in [-0.05, 0) is 26.7 Å². The molecule has 0 atom stereocenters. The van der Waals surface area contributed by atoms with Crippen molar-refractivity contribution < 1.29 is 14.3 Å². The van der Waals surface area contributed by atoms with Crippen molar-refractivity contribution in [3.63, 3.8) is 0 Å². The van der Waals surface area contributed by atoms with E-state index in [-0.39, 0.29) is 0 Å². The van der Waals surface area contributed by atoms with Crippen LogP contribution in [0.5, 0.6) is 0 Å². The van der Waals surface area contributed by atoms with Crippen LogP contribution in [0.3, 0.4) is 0 Å². The van der Waals surface area contributed by atoms with E-state index < -0.39 is 11.9 Å². The van der Waals surface area contributed by atoms with Crippen LogP contribution in [0.2, 0.25) is 0 Å². The SMILES string of the molecule is C=CCC=C(C)C(=O)OC(=O)C(C)=CCCCC. The number of hydrogen-bond acceptors (Lipinski definition) is 3. The van der Waals surface area contributed by atoms with E-state index in [4.69, 9.17) is 4.74 Å². The summed E-state index contributed by atoms with van der Waals surface area (Å²) in [4.78, 5) is 23.1. The highest BCUT2D eigenvalue weighted by Crippen LogP contribution is 2.06. The van der Waals surface area contributed by atoms with Gasteiger partial charge in [0.1, 0.15) is 0 Å². The molecule has 3 heteroatoms. The normalized spacial score (nSPS) is 12.2. The molecule has 0 radical (unpaired) electrons. The third-order valence-electron chi connectivity index (χ3n) is 2.43. The van der Waals surface area contributed by atoms with E-state index in [2.05, 4.69) is 13.5 Å². The van der Waals surface area contributed by atoms with Gasteiger partial charge in [0.15, 0.2) is 0 Å². The van der Waals surface area contributed by atoms with Crippen molar-refractivity contribution in [3.05, 3.63) is 36.0 Å². The number of allylic oxidation sites excluding steroid dienone is 3. The zero-order valence-corrected chi connectivity index (χ0v) is 11.5. The minimum Gasteiger partial charge on any atom is -0.386 e. The minimum absolute atomic E-state index is 0.421. The molecule has 0 fully saturated rings. The van der Waals surface area contributed by atoms with Crippen molar-refractivity contribution in [3.8, 4) is 0 Å². The van der Waals surface area contributed by atoms with Gasteiger partial charge < -0.3 is 4.74 Å². The van der Waals surface area contributed by atoms with Gasteiger partial charge in [0.2, 0.25) is 0 Å². The Balaban J connectivity index is 4.34. The third kappa shape index (κ3) is 6.84. The van der Waals surface area contributed by atoms with Gasteiger partial charge in [0.05, 0.1) is 0 Å². The Labute approximate surface area is 109 Å². The van der Waals surface area contributed by atoms with Crippen molar-refractivity contribution in [2.45, 2.75) is 46.5 Å². The fraction of sp³-hybridized carbons (Fsp3) is 0.467. The Morgan fingerprint density at radius 1 is 1.11 bits per heavy atom. The van der Waals surface area contributed by atoms with E-state index in [1.54, 1.807) is 26.0 Å². The minimum atomic E-state index is -0.593. The molecule has 0 spiro atoms. The molecule has 0 bridgehead atoms. The standard InChI is InChI=1S/C15H22O3/c1-5-7-9-11-13(4)15(17)18-14(16)12(3)10-8-6-2/h6,10-11H,2,5,7-9H2,1,3-4H3. The Bertz CT molecular complexity index is 362. The molecular weight excluding hydrogens is 228 g/mol. The maximum atomic E-state index is 11.6. The highest BCUT2D eigenvalue weighted by atomic mass is 16.6. The molecule has 0 aromatic heterocycles. The highest BCUT2D eigenvalue weighted by molar-refractivity contribution is 6.01. The summed E-state index contributed by atoms with van der Waals surface area (Å²) in [5.41, 5.74) is 0.901. The lowest BCUT2D eigenvalue weighted by Crippen LogP contribution is -2.14. The predicted molar refractivity (Wildman–Crippen MR) is 73.0 cm³/mol. The van der Waals surface area contributed by atoms with Gasteiger partial charge in [0, 0.05) is 11.1 Å². The fourth-order valence-corrected chi connectivity index (χ4v) is 1.19. The average Bonchev–Trinajstić information content (AvgIpc) is 2.35. The quantitative estimate of drug-likeness (QED) is 0.227. The van der Waals surface area contributed by atoms with Crippen LogP contribution in [0.4, 0.5) is 0 Å². The molecule has 0 rings (SSSR count). The first kappa shape index (κ1) is 16.4. The molecule has 0 N–H and O–H groups in total. The van der Waals surface area contributed by atoms with Crippen molar-refractivity contribution in [1.82, 2.24) is 0 Å². The first-order chi connectivity index (χ1) is 8.52. The van der Waals surface area contributed by atoms with Crippen LogP contribution >= 0.6 is 0 Å². The molecule has 0 saturated heterocycles. The topological polar surface area (TPSA) is 43.4 Å². The van der Waals surface area contributed by atoms with Crippen LogP contribution in [0.15, 0.2) is 36.0 Å². The van der Waals surface area contributed by atoms with Gasteiger partial charge >= 0.3 is 11.9 Å². The second-order valence-electron chi connectivity index (χ2n) is 4.12. The smallest absolute Gasteiger partial charge is 0.341 e. The molecular formula is C15H22O3. The van der Waals surface area contributed by atoms with Gasteiger partial charge in [-0.3, -0.25) is 0 Å². The van der Waals surface area contributed by atoms with E-state index in [0.717, 1.165) is 19.3 Å². The molecule has 0 amide bonds. The molecule has 0 aliphatic heterocycles. The first-order valence-electron chi connectivity index (χ1n) is 6.23. The lowest BCUT2D eigenvalue weighted by atomic mass is 10.2. The van der Waals surface area contributed by atoms with Crippen molar-refractivity contribution in [1.29, 1.82) is 0 Å². The molecule has 0 aliphatic rings. The molecule has 3 nitrogen and oxygen atoms in total. The summed E-state index contributed by atoms with van der Waals surface area (Å²) in [7, 11) is 0. The summed E-state index contributed by atoms with van der Waals surface area (Å²) < 4.78 is 4.75. The summed E-state index contributed by atoms with van der Waals surface area (Å²) in [5.74, 6) is -1.16. The molecule has 0 aliphatic carbocycles. The van der Waals surface area contributed by atoms with E-state index in [9.17, 15) is 9.59 Å². The third-order valence-corrected chi connectivity index (χ3v) is 2.43. The largest absolute Gasteiger partial charge is 0.386 e. The Kier molecular flexibility index (Phi) is 8.54. The predicted octanol–water partition coefficient (Wildman–Crippen LogP) is 3.72. The van der Waals surface area contributed by atoms with Crippen LogP contribution in [-0.2, 0) is 14.3 Å². The number of esters is 2. The van der Waals surface area contributed by atoms with E-state index in [0.29, 0.717) is 17.6 Å². The molecule has 0 aromatic rings. The molecule has 0 saturated carbocycles. The van der Waals surface area contributed by atoms with Gasteiger partial charge in [-0.25, -0.2) is 9.59 Å². The van der Waals surface area contributed by atoms with Crippen LogP contribution in [-0.4, -0.2) is 11.9 Å². The van der Waals surface area contributed by atoms with E-state index >= 15 is 0 Å². The van der Waals surface area contributed by atoms with Crippen molar-refractivity contribution in [2.24, 2.45) is 0 Å². The monoisotopic (exact) mass is 250 g/mol. The average molecular weight is 250 g/mol. The number of hydrogen-bond donors (Lipinski definition) is 0. The van der Waals surface area contributed by atoms with Crippen molar-refractivity contribution in [2.75, 3.05) is 0 Å². The van der Waals surface area contributed by atoms with Gasteiger partial charge in [-0.2, -0.15) is 0 Å². The molecule has 0 heterocycles. The number of carbonyl (C=O) groups excluding carboxylic acids is 2. The fourth-order valence-electron chi connectivity index (χ4n) is 1.19. The second kappa shape index (κ2) is 9.40. The van der Waals surface area contributed by atoms with Crippen LogP contribution < -0.4 is 0 Å². The molecule has 0 aromatic carbocycles. The van der Waals surface area contributed by atoms with Crippen molar-refractivity contribution >= 4 is 11.9 Å². The first-order valence-corrected chi connectivity index (χ1v) is 6.23. The zero-order valence-electron chi connectivity index (χ0n) is 11.5. The molecule has 18 heavy (non-hydrogen) atoms. The second-order valence-corrected chi connectivity index (χ2v) is 4.12. The van der Waals surface area contributed by atoms with Crippen LogP contribution in [0.1, 0.15) is 46.5 Å². The van der Waals surface area contributed by atoms with Gasteiger partial charge in [-0.1, -0.05) is 38.0 Å². The molecule has 100 valence electrons. The summed E-state index contributed by atoms with van der Waals surface area (Å²) in [6, 6.07) is 0. The van der Waals surface area contributed by atoms with E-state index in [1.165, 1.54) is 0 Å².